The van der Waals surface area contributed by atoms with Crippen molar-refractivity contribution in [3.05, 3.63) is 12.2 Å². The molecule has 0 spiro atoms. The lowest BCUT2D eigenvalue weighted by atomic mass is 9.49. The van der Waals surface area contributed by atoms with Crippen molar-refractivity contribution in [1.29, 1.82) is 0 Å². The Kier molecular flexibility index (Phi) is 10.4. The van der Waals surface area contributed by atoms with Gasteiger partial charge in [0.05, 0.1) is 0 Å². The number of halogens is 3. The lowest BCUT2D eigenvalue weighted by Crippen LogP contribution is -2.56. The Bertz CT molecular complexity index is 1030. The van der Waals surface area contributed by atoms with Crippen molar-refractivity contribution in [2.24, 2.45) is 34.5 Å². The Balaban J connectivity index is 1.98. The van der Waals surface area contributed by atoms with Gasteiger partial charge in [-0.05, 0) is 116 Å². The van der Waals surface area contributed by atoms with Gasteiger partial charge in [0, 0.05) is 19.3 Å². The second-order valence-electron chi connectivity index (χ2n) is 17.7. The molecule has 0 aromatic rings. The minimum absolute atomic E-state index is 0.0393. The van der Waals surface area contributed by atoms with E-state index in [9.17, 15) is 18.0 Å². The number of amides is 1. The van der Waals surface area contributed by atoms with Gasteiger partial charge in [-0.3, -0.25) is 4.79 Å². The summed E-state index contributed by atoms with van der Waals surface area (Å²) in [5.41, 5.74) is 1.00. The Hall–Kier alpha value is -0.646. The largest absolute Gasteiger partial charge is 0.471 e. The maximum absolute atomic E-state index is 13.3. The summed E-state index contributed by atoms with van der Waals surface area (Å²) in [5.74, 6) is -1.24. The van der Waals surface area contributed by atoms with Crippen LogP contribution in [0, 0.1) is 34.5 Å². The van der Waals surface area contributed by atoms with Crippen LogP contribution in [0.2, 0.25) is 36.3 Å². The molecule has 4 nitrogen and oxygen atoms in total. The summed E-state index contributed by atoms with van der Waals surface area (Å²) >= 11 is 0. The zero-order chi connectivity index (χ0) is 33.0. The highest BCUT2D eigenvalue weighted by atomic mass is 28.4. The maximum atomic E-state index is 13.3. The molecule has 0 unspecified atom stereocenters. The number of carbonyl (C=O) groups excluding carboxylic acids is 1. The molecule has 0 saturated heterocycles. The second kappa shape index (κ2) is 12.2. The molecule has 43 heavy (non-hydrogen) atoms. The summed E-state index contributed by atoms with van der Waals surface area (Å²) in [6.07, 6.45) is 1.86. The lowest BCUT2D eigenvalue weighted by molar-refractivity contribution is -0.174. The summed E-state index contributed by atoms with van der Waals surface area (Å²) in [6.45, 7) is 32.6. The molecule has 0 radical (unpaired) electrons. The topological polar surface area (TPSA) is 47.6 Å². The molecule has 3 aliphatic rings. The van der Waals surface area contributed by atoms with Crippen molar-refractivity contribution >= 4 is 22.5 Å². The summed E-state index contributed by atoms with van der Waals surface area (Å²) in [6, 6.07) is 0. The Morgan fingerprint density at radius 1 is 0.930 bits per heavy atom. The molecule has 3 fully saturated rings. The van der Waals surface area contributed by atoms with Crippen LogP contribution < -0.4 is 5.32 Å². The average molecular weight is 646 g/mol. The first kappa shape index (κ1) is 36.8. The third-order valence-corrected chi connectivity index (χ3v) is 22.2. The fraction of sp³-hybridized carbons (Fsp3) is 0.912. The van der Waals surface area contributed by atoms with Gasteiger partial charge in [-0.1, -0.05) is 67.5 Å². The predicted molar refractivity (Wildman–Crippen MR) is 176 cm³/mol. The first-order valence-corrected chi connectivity index (χ1v) is 22.4. The third-order valence-electron chi connectivity index (χ3n) is 13.2. The van der Waals surface area contributed by atoms with Crippen molar-refractivity contribution in [2.45, 2.75) is 149 Å². The molecule has 3 saturated carbocycles. The van der Waals surface area contributed by atoms with Crippen LogP contribution in [0.4, 0.5) is 13.2 Å². The number of carbonyl (C=O) groups is 1. The van der Waals surface area contributed by atoms with Crippen LogP contribution in [-0.4, -0.2) is 48.0 Å². The van der Waals surface area contributed by atoms with Gasteiger partial charge in [0.15, 0.2) is 16.6 Å². The molecule has 1 amide bonds. The van der Waals surface area contributed by atoms with Gasteiger partial charge < -0.3 is 14.2 Å². The van der Waals surface area contributed by atoms with E-state index in [0.717, 1.165) is 44.9 Å². The van der Waals surface area contributed by atoms with Crippen molar-refractivity contribution in [1.82, 2.24) is 5.32 Å². The van der Waals surface area contributed by atoms with E-state index in [1.165, 1.54) is 5.57 Å². The smallest absolute Gasteiger partial charge is 0.417 e. The highest BCUT2D eigenvalue weighted by Gasteiger charge is 2.58. The molecular weight excluding hydrogens is 584 g/mol. The molecule has 7 atom stereocenters. The van der Waals surface area contributed by atoms with Crippen LogP contribution in [0.3, 0.4) is 0 Å². The van der Waals surface area contributed by atoms with Gasteiger partial charge in [-0.25, -0.2) is 0 Å². The predicted octanol–water partition coefficient (Wildman–Crippen LogP) is 9.88. The first-order chi connectivity index (χ1) is 19.3. The molecule has 0 heterocycles. The van der Waals surface area contributed by atoms with Crippen LogP contribution in [-0.2, 0) is 13.6 Å². The number of fused-ring (bicyclic) bond motifs is 1. The van der Waals surface area contributed by atoms with Crippen LogP contribution in [0.25, 0.3) is 0 Å². The summed E-state index contributed by atoms with van der Waals surface area (Å²) in [7, 11) is -4.02. The van der Waals surface area contributed by atoms with Crippen molar-refractivity contribution < 1.29 is 26.8 Å². The van der Waals surface area contributed by atoms with E-state index in [1.54, 1.807) is 0 Å². The minimum atomic E-state index is -4.88. The van der Waals surface area contributed by atoms with E-state index in [0.29, 0.717) is 6.61 Å². The number of nitrogens with one attached hydrogen (secondary N) is 1. The van der Waals surface area contributed by atoms with Gasteiger partial charge >= 0.3 is 12.1 Å². The molecule has 1 N–H and O–H groups in total. The third kappa shape index (κ3) is 7.51. The number of hydrogen-bond acceptors (Lipinski definition) is 3. The molecule has 0 aromatic carbocycles. The zero-order valence-electron chi connectivity index (χ0n) is 29.3. The van der Waals surface area contributed by atoms with Crippen molar-refractivity contribution in [3.8, 4) is 0 Å². The van der Waals surface area contributed by atoms with Crippen LogP contribution >= 0.6 is 0 Å². The number of hydrogen-bond donors (Lipinski definition) is 1. The standard InChI is InChI=1S/C34H62F3NO3Si2/c1-23-14-15-27-26(21-38-29(39)34(35,36)37)28(17-19-32(23,27)8)33(9)18-16-25(41-43(12,13)31(5,6)7)20-24(33)22-40-42(10,11)30(2,3)4/h24-28H,1,14-22H2,2-13H3,(H,38,39)/t24-,25+,26+,27+,28+,32-,33+/m1/s1. The molecule has 0 bridgehead atoms. The molecule has 3 aliphatic carbocycles. The Morgan fingerprint density at radius 3 is 2.05 bits per heavy atom. The highest BCUT2D eigenvalue weighted by molar-refractivity contribution is 6.74. The number of allylic oxidation sites excluding steroid dienone is 1. The van der Waals surface area contributed by atoms with Gasteiger partial charge in [-0.15, -0.1) is 0 Å². The molecule has 0 aliphatic heterocycles. The zero-order valence-corrected chi connectivity index (χ0v) is 31.3. The van der Waals surface area contributed by atoms with Gasteiger partial charge in [0.1, 0.15) is 0 Å². The van der Waals surface area contributed by atoms with Crippen molar-refractivity contribution in [3.63, 3.8) is 0 Å². The fourth-order valence-corrected chi connectivity index (χ4v) is 10.4. The first-order valence-electron chi connectivity index (χ1n) is 16.6. The summed E-state index contributed by atoms with van der Waals surface area (Å²) in [4.78, 5) is 12.1. The number of alkyl halides is 3. The Morgan fingerprint density at radius 2 is 1.51 bits per heavy atom. The van der Waals surface area contributed by atoms with Crippen molar-refractivity contribution in [2.75, 3.05) is 13.2 Å². The van der Waals surface area contributed by atoms with E-state index in [4.69, 9.17) is 8.85 Å². The number of rotatable bonds is 8. The molecular formula is C34H62F3NO3Si2. The van der Waals surface area contributed by atoms with E-state index in [-0.39, 0.29) is 57.2 Å². The fourth-order valence-electron chi connectivity index (χ4n) is 7.96. The quantitative estimate of drug-likeness (QED) is 0.211. The maximum Gasteiger partial charge on any atom is 0.471 e. The second-order valence-corrected chi connectivity index (χ2v) is 27.3. The van der Waals surface area contributed by atoms with Gasteiger partial charge in [0.2, 0.25) is 0 Å². The molecule has 250 valence electrons. The average Bonchev–Trinajstić information content (AvgIpc) is 3.14. The van der Waals surface area contributed by atoms with E-state index >= 15 is 0 Å². The van der Waals surface area contributed by atoms with E-state index < -0.39 is 28.7 Å². The van der Waals surface area contributed by atoms with Gasteiger partial charge in [0.25, 0.3) is 0 Å². The van der Waals surface area contributed by atoms with Crippen LogP contribution in [0.15, 0.2) is 12.2 Å². The molecule has 9 heteroatoms. The van der Waals surface area contributed by atoms with E-state index in [1.807, 2.05) is 0 Å². The molecule has 0 aromatic heterocycles. The lowest BCUT2D eigenvalue weighted by Gasteiger charge is -2.58. The highest BCUT2D eigenvalue weighted by Crippen LogP contribution is 2.63. The van der Waals surface area contributed by atoms with Gasteiger partial charge in [-0.2, -0.15) is 13.2 Å². The monoisotopic (exact) mass is 645 g/mol. The minimum Gasteiger partial charge on any atom is -0.417 e. The Labute approximate surface area is 263 Å². The normalized spacial score (nSPS) is 34.7. The van der Waals surface area contributed by atoms with Crippen LogP contribution in [0.1, 0.15) is 100 Å². The van der Waals surface area contributed by atoms with E-state index in [2.05, 4.69) is 93.5 Å². The van der Waals surface area contributed by atoms with Crippen LogP contribution in [0.5, 0.6) is 0 Å². The summed E-state index contributed by atoms with van der Waals surface area (Å²) < 4.78 is 53.9. The SMILES string of the molecule is C=C1CC[C@H]2[C@H](CNC(=O)C(F)(F)F)[C@@H]([C@@]3(C)CC[C@H](O[Si](C)(C)C(C)(C)C)C[C@@H]3CO[Si](C)(C)C(C)(C)C)CC[C@]12C. The molecule has 3 rings (SSSR count). The summed E-state index contributed by atoms with van der Waals surface area (Å²) in [5, 5.41) is 2.53.